The number of hydrogen-bond acceptors (Lipinski definition) is 1. The molecule has 124 valence electrons. The van der Waals surface area contributed by atoms with Gasteiger partial charge in [0.2, 0.25) is 0 Å². The molecule has 1 saturated carbocycles. The van der Waals surface area contributed by atoms with E-state index in [0.29, 0.717) is 18.6 Å². The second kappa shape index (κ2) is 8.44. The van der Waals surface area contributed by atoms with E-state index in [-0.39, 0.29) is 5.75 Å². The van der Waals surface area contributed by atoms with Gasteiger partial charge < -0.3 is 4.74 Å². The Labute approximate surface area is 130 Å². The molecule has 2 rings (SSSR count). The molecule has 1 fully saturated rings. The van der Waals surface area contributed by atoms with Crippen LogP contribution in [0, 0.1) is 29.3 Å². The van der Waals surface area contributed by atoms with E-state index in [4.69, 9.17) is 4.74 Å². The first kappa shape index (κ1) is 17.2. The van der Waals surface area contributed by atoms with Crippen molar-refractivity contribution in [3.63, 3.8) is 0 Å². The van der Waals surface area contributed by atoms with E-state index in [1.165, 1.54) is 38.5 Å². The van der Waals surface area contributed by atoms with Crippen LogP contribution in [0.3, 0.4) is 0 Å². The number of halogens is 3. The van der Waals surface area contributed by atoms with Crippen LogP contribution in [0.1, 0.15) is 58.3 Å². The van der Waals surface area contributed by atoms with Crippen molar-refractivity contribution in [2.75, 3.05) is 6.61 Å². The second-order valence-electron chi connectivity index (χ2n) is 6.39. The Morgan fingerprint density at radius 3 is 2.23 bits per heavy atom. The van der Waals surface area contributed by atoms with E-state index >= 15 is 0 Å². The number of hydrogen-bond donors (Lipinski definition) is 0. The predicted octanol–water partition coefficient (Wildman–Crippen LogP) is 5.87. The molecule has 0 amide bonds. The fourth-order valence-electron chi connectivity index (χ4n) is 3.19. The summed E-state index contributed by atoms with van der Waals surface area (Å²) < 4.78 is 44.8. The molecule has 1 aliphatic rings. The Morgan fingerprint density at radius 2 is 1.55 bits per heavy atom. The molecule has 0 saturated heterocycles. The van der Waals surface area contributed by atoms with Gasteiger partial charge in [0.15, 0.2) is 23.2 Å². The lowest BCUT2D eigenvalue weighted by atomic mass is 9.80. The van der Waals surface area contributed by atoms with Crippen LogP contribution in [0.25, 0.3) is 0 Å². The summed E-state index contributed by atoms with van der Waals surface area (Å²) in [6.45, 7) is 2.59. The van der Waals surface area contributed by atoms with E-state index in [1.54, 1.807) is 0 Å². The maximum absolute atomic E-state index is 13.5. The van der Waals surface area contributed by atoms with Crippen LogP contribution in [0.5, 0.6) is 5.75 Å². The Balaban J connectivity index is 1.74. The molecule has 0 atom stereocenters. The molecule has 0 aliphatic heterocycles. The summed E-state index contributed by atoms with van der Waals surface area (Å²) in [4.78, 5) is 0. The summed E-state index contributed by atoms with van der Waals surface area (Å²) in [6, 6.07) is 1.33. The minimum atomic E-state index is -1.18. The van der Waals surface area contributed by atoms with E-state index in [9.17, 15) is 13.2 Å². The molecule has 0 heterocycles. The Kier molecular flexibility index (Phi) is 6.59. The van der Waals surface area contributed by atoms with E-state index in [2.05, 4.69) is 6.92 Å². The molecule has 1 aromatic carbocycles. The van der Waals surface area contributed by atoms with Crippen LogP contribution in [0.15, 0.2) is 12.1 Å². The molecule has 0 aromatic heterocycles. The van der Waals surface area contributed by atoms with Crippen molar-refractivity contribution in [1.29, 1.82) is 0 Å². The monoisotopic (exact) mass is 314 g/mol. The van der Waals surface area contributed by atoms with Gasteiger partial charge in [-0.3, -0.25) is 0 Å². The van der Waals surface area contributed by atoms with Crippen molar-refractivity contribution < 1.29 is 17.9 Å². The first-order chi connectivity index (χ1) is 10.6. The van der Waals surface area contributed by atoms with Gasteiger partial charge in [0.05, 0.1) is 6.61 Å². The molecule has 0 spiro atoms. The van der Waals surface area contributed by atoms with Gasteiger partial charge in [-0.05, 0) is 24.7 Å². The minimum absolute atomic E-state index is 0.191. The number of unbranched alkanes of at least 4 members (excludes halogenated alkanes) is 2. The fraction of sp³-hybridized carbons (Fsp3) is 0.667. The van der Waals surface area contributed by atoms with Crippen LogP contribution in [-0.4, -0.2) is 6.61 Å². The molecule has 0 unspecified atom stereocenters. The number of benzene rings is 1. The summed E-state index contributed by atoms with van der Waals surface area (Å²) in [7, 11) is 0. The van der Waals surface area contributed by atoms with Crippen LogP contribution in [-0.2, 0) is 0 Å². The van der Waals surface area contributed by atoms with Gasteiger partial charge in [-0.2, -0.15) is 0 Å². The summed E-state index contributed by atoms with van der Waals surface area (Å²) >= 11 is 0. The Hall–Kier alpha value is -1.19. The van der Waals surface area contributed by atoms with Gasteiger partial charge in [0.1, 0.15) is 0 Å². The van der Waals surface area contributed by atoms with Gasteiger partial charge in [0.25, 0.3) is 0 Å². The van der Waals surface area contributed by atoms with Crippen LogP contribution >= 0.6 is 0 Å². The third-order valence-electron chi connectivity index (χ3n) is 4.63. The van der Waals surface area contributed by atoms with Crippen molar-refractivity contribution in [1.82, 2.24) is 0 Å². The third-order valence-corrected chi connectivity index (χ3v) is 4.63. The lowest BCUT2D eigenvalue weighted by Gasteiger charge is -2.28. The largest absolute Gasteiger partial charge is 0.490 e. The number of ether oxygens (including phenoxy) is 1. The van der Waals surface area contributed by atoms with Crippen LogP contribution < -0.4 is 4.74 Å². The maximum atomic E-state index is 13.5. The van der Waals surface area contributed by atoms with E-state index in [1.807, 2.05) is 0 Å². The van der Waals surface area contributed by atoms with Crippen molar-refractivity contribution in [3.8, 4) is 5.75 Å². The SMILES string of the molecule is CCCCC[C@H]1CC[C@H](COc2cc(F)c(F)cc2F)CC1. The van der Waals surface area contributed by atoms with Gasteiger partial charge >= 0.3 is 0 Å². The molecular weight excluding hydrogens is 289 g/mol. The van der Waals surface area contributed by atoms with Gasteiger partial charge in [-0.15, -0.1) is 0 Å². The first-order valence-corrected chi connectivity index (χ1v) is 8.37. The van der Waals surface area contributed by atoms with Gasteiger partial charge in [-0.25, -0.2) is 13.2 Å². The third kappa shape index (κ3) is 4.92. The zero-order valence-corrected chi connectivity index (χ0v) is 13.2. The molecule has 22 heavy (non-hydrogen) atoms. The highest BCUT2D eigenvalue weighted by atomic mass is 19.2. The second-order valence-corrected chi connectivity index (χ2v) is 6.39. The standard InChI is InChI=1S/C18H25F3O/c1-2-3-4-5-13-6-8-14(9-7-13)12-22-18-11-16(20)15(19)10-17(18)21/h10-11,13-14H,2-9,12H2,1H3/t13-,14-. The highest BCUT2D eigenvalue weighted by Gasteiger charge is 2.22. The topological polar surface area (TPSA) is 9.23 Å². The first-order valence-electron chi connectivity index (χ1n) is 8.37. The Bertz CT molecular complexity index is 468. The van der Waals surface area contributed by atoms with Gasteiger partial charge in [0, 0.05) is 12.1 Å². The normalized spacial score (nSPS) is 21.8. The van der Waals surface area contributed by atoms with Gasteiger partial charge in [-0.1, -0.05) is 45.4 Å². The van der Waals surface area contributed by atoms with Crippen LogP contribution in [0.4, 0.5) is 13.2 Å². The summed E-state index contributed by atoms with van der Waals surface area (Å²) in [5.74, 6) is -2.10. The van der Waals surface area contributed by atoms with Crippen molar-refractivity contribution >= 4 is 0 Å². The number of rotatable bonds is 7. The fourth-order valence-corrected chi connectivity index (χ4v) is 3.19. The predicted molar refractivity (Wildman–Crippen MR) is 81.4 cm³/mol. The summed E-state index contributed by atoms with van der Waals surface area (Å²) in [6.07, 6.45) is 9.70. The minimum Gasteiger partial charge on any atom is -0.490 e. The molecule has 0 N–H and O–H groups in total. The summed E-state index contributed by atoms with van der Waals surface area (Å²) in [5.41, 5.74) is 0. The zero-order chi connectivity index (χ0) is 15.9. The average Bonchev–Trinajstić information content (AvgIpc) is 2.51. The maximum Gasteiger partial charge on any atom is 0.168 e. The van der Waals surface area contributed by atoms with Crippen molar-refractivity contribution in [2.45, 2.75) is 58.3 Å². The lowest BCUT2D eigenvalue weighted by molar-refractivity contribution is 0.173. The highest BCUT2D eigenvalue weighted by molar-refractivity contribution is 5.25. The zero-order valence-electron chi connectivity index (χ0n) is 13.2. The van der Waals surface area contributed by atoms with E-state index in [0.717, 1.165) is 24.8 Å². The quantitative estimate of drug-likeness (QED) is 0.452. The molecule has 1 aliphatic carbocycles. The Morgan fingerprint density at radius 1 is 0.909 bits per heavy atom. The molecule has 1 nitrogen and oxygen atoms in total. The molecular formula is C18H25F3O. The average molecular weight is 314 g/mol. The van der Waals surface area contributed by atoms with E-state index < -0.39 is 17.5 Å². The lowest BCUT2D eigenvalue weighted by Crippen LogP contribution is -2.20. The molecule has 0 radical (unpaired) electrons. The van der Waals surface area contributed by atoms with Crippen molar-refractivity contribution in [2.24, 2.45) is 11.8 Å². The summed E-state index contributed by atoms with van der Waals surface area (Å²) in [5, 5.41) is 0. The highest BCUT2D eigenvalue weighted by Crippen LogP contribution is 2.32. The molecule has 1 aromatic rings. The molecule has 0 bridgehead atoms. The smallest absolute Gasteiger partial charge is 0.168 e. The molecule has 4 heteroatoms. The van der Waals surface area contributed by atoms with Crippen molar-refractivity contribution in [3.05, 3.63) is 29.6 Å². The van der Waals surface area contributed by atoms with Crippen LogP contribution in [0.2, 0.25) is 0 Å².